The fourth-order valence-electron chi connectivity index (χ4n) is 2.90. The number of halogens is 3. The molecular formula is C18H19F3N4O. The number of rotatable bonds is 3. The molecule has 0 aliphatic carbocycles. The van der Waals surface area contributed by atoms with Crippen LogP contribution in [0.3, 0.4) is 0 Å². The summed E-state index contributed by atoms with van der Waals surface area (Å²) in [6.07, 6.45) is -1.40. The van der Waals surface area contributed by atoms with E-state index in [0.717, 1.165) is 31.4 Å². The lowest BCUT2D eigenvalue weighted by molar-refractivity contribution is -0.137. The summed E-state index contributed by atoms with van der Waals surface area (Å²) in [5.74, 6) is -0.0769. The lowest BCUT2D eigenvalue weighted by Gasteiger charge is -2.26. The zero-order valence-corrected chi connectivity index (χ0v) is 14.3. The molecule has 0 spiro atoms. The van der Waals surface area contributed by atoms with Crippen molar-refractivity contribution < 1.29 is 18.0 Å². The van der Waals surface area contributed by atoms with E-state index in [1.165, 1.54) is 12.1 Å². The van der Waals surface area contributed by atoms with Crippen molar-refractivity contribution in [3.8, 4) is 0 Å². The predicted octanol–water partition coefficient (Wildman–Crippen LogP) is 4.17. The number of carbonyl (C=O) groups excluding carboxylic acids is 1. The van der Waals surface area contributed by atoms with Crippen LogP contribution in [-0.4, -0.2) is 33.9 Å². The molecule has 3 rings (SSSR count). The van der Waals surface area contributed by atoms with E-state index < -0.39 is 11.7 Å². The third-order valence-electron chi connectivity index (χ3n) is 4.16. The second-order valence-corrected chi connectivity index (χ2v) is 6.27. The van der Waals surface area contributed by atoms with E-state index in [-0.39, 0.29) is 23.2 Å². The maximum absolute atomic E-state index is 12.8. The highest BCUT2D eigenvalue weighted by molar-refractivity contribution is 5.92. The van der Waals surface area contributed by atoms with Crippen molar-refractivity contribution in [2.75, 3.05) is 18.4 Å². The summed E-state index contributed by atoms with van der Waals surface area (Å²) in [7, 11) is 0. The van der Waals surface area contributed by atoms with E-state index in [0.29, 0.717) is 18.8 Å². The van der Waals surface area contributed by atoms with Gasteiger partial charge in [-0.25, -0.2) is 9.97 Å². The van der Waals surface area contributed by atoms with Gasteiger partial charge < -0.3 is 10.2 Å². The van der Waals surface area contributed by atoms with Crippen molar-refractivity contribution in [1.82, 2.24) is 14.9 Å². The summed E-state index contributed by atoms with van der Waals surface area (Å²) in [5.41, 5.74) is 0.255. The first-order valence-electron chi connectivity index (χ1n) is 8.42. The minimum Gasteiger partial charge on any atom is -0.337 e. The number of likely N-dealkylation sites (tertiary alicyclic amines) is 1. The van der Waals surface area contributed by atoms with Gasteiger partial charge in [0.15, 0.2) is 0 Å². The largest absolute Gasteiger partial charge is 0.416 e. The van der Waals surface area contributed by atoms with Gasteiger partial charge in [-0.05, 0) is 50.5 Å². The average Bonchev–Trinajstić information content (AvgIpc) is 2.61. The quantitative estimate of drug-likeness (QED) is 0.888. The Kier molecular flexibility index (Phi) is 5.11. The number of anilines is 2. The van der Waals surface area contributed by atoms with Crippen LogP contribution in [0.25, 0.3) is 0 Å². The van der Waals surface area contributed by atoms with Gasteiger partial charge in [0.1, 0.15) is 5.69 Å². The molecule has 2 heterocycles. The van der Waals surface area contributed by atoms with Crippen molar-refractivity contribution in [1.29, 1.82) is 0 Å². The number of hydrogen-bond acceptors (Lipinski definition) is 4. The zero-order valence-electron chi connectivity index (χ0n) is 14.3. The number of aromatic nitrogens is 2. The lowest BCUT2D eigenvalue weighted by Crippen LogP contribution is -2.36. The highest BCUT2D eigenvalue weighted by Gasteiger charge is 2.30. The van der Waals surface area contributed by atoms with Gasteiger partial charge in [0.05, 0.1) is 5.56 Å². The molecule has 1 aromatic heterocycles. The third kappa shape index (κ3) is 4.30. The second-order valence-electron chi connectivity index (χ2n) is 6.27. The molecule has 0 bridgehead atoms. The van der Waals surface area contributed by atoms with E-state index in [1.807, 2.05) is 0 Å². The molecule has 1 aliphatic heterocycles. The first-order chi connectivity index (χ1) is 12.3. The van der Waals surface area contributed by atoms with Crippen molar-refractivity contribution in [2.24, 2.45) is 0 Å². The van der Waals surface area contributed by atoms with Crippen LogP contribution in [0.1, 0.15) is 41.0 Å². The van der Waals surface area contributed by atoms with Crippen molar-refractivity contribution in [2.45, 2.75) is 32.4 Å². The number of piperidine rings is 1. The molecule has 138 valence electrons. The number of hydrogen-bond donors (Lipinski definition) is 1. The summed E-state index contributed by atoms with van der Waals surface area (Å²) in [6, 6.07) is 6.37. The number of nitrogens with zero attached hydrogens (tertiary/aromatic N) is 3. The van der Waals surface area contributed by atoms with Gasteiger partial charge in [0, 0.05) is 24.5 Å². The Morgan fingerprint density at radius 3 is 2.54 bits per heavy atom. The molecule has 26 heavy (non-hydrogen) atoms. The van der Waals surface area contributed by atoms with Crippen LogP contribution in [0, 0.1) is 6.92 Å². The van der Waals surface area contributed by atoms with E-state index in [9.17, 15) is 18.0 Å². The fourth-order valence-corrected chi connectivity index (χ4v) is 2.90. The van der Waals surface area contributed by atoms with Gasteiger partial charge in [0.2, 0.25) is 5.95 Å². The van der Waals surface area contributed by atoms with Crippen LogP contribution in [0.5, 0.6) is 0 Å². The first kappa shape index (κ1) is 18.2. The third-order valence-corrected chi connectivity index (χ3v) is 4.16. The topological polar surface area (TPSA) is 58.1 Å². The van der Waals surface area contributed by atoms with Gasteiger partial charge in [-0.15, -0.1) is 0 Å². The molecule has 0 radical (unpaired) electrons. The minimum absolute atomic E-state index is 0.102. The zero-order chi connectivity index (χ0) is 18.7. The summed E-state index contributed by atoms with van der Waals surface area (Å²) in [6.45, 7) is 3.10. The standard InChI is InChI=1S/C18H19F3N4O/c1-12-10-15(16(26)25-8-3-2-4-9-25)24-17(22-12)23-14-7-5-6-13(11-14)18(19,20)21/h5-7,10-11H,2-4,8-9H2,1H3,(H,22,23,24). The van der Waals surface area contributed by atoms with Gasteiger partial charge in [-0.2, -0.15) is 13.2 Å². The SMILES string of the molecule is Cc1cc(C(=O)N2CCCCC2)nc(Nc2cccc(C(F)(F)F)c2)n1. The Bertz CT molecular complexity index is 801. The molecule has 8 heteroatoms. The van der Waals surface area contributed by atoms with E-state index in [4.69, 9.17) is 0 Å². The average molecular weight is 364 g/mol. The van der Waals surface area contributed by atoms with Crippen LogP contribution in [0.2, 0.25) is 0 Å². The number of carbonyl (C=O) groups is 1. The fraction of sp³-hybridized carbons (Fsp3) is 0.389. The Labute approximate surface area is 149 Å². The molecule has 1 fully saturated rings. The smallest absolute Gasteiger partial charge is 0.337 e. The summed E-state index contributed by atoms with van der Waals surface area (Å²) >= 11 is 0. The van der Waals surface area contributed by atoms with Crippen LogP contribution in [-0.2, 0) is 6.18 Å². The van der Waals surface area contributed by atoms with Gasteiger partial charge >= 0.3 is 6.18 Å². The first-order valence-corrected chi connectivity index (χ1v) is 8.42. The number of alkyl halides is 3. The lowest BCUT2D eigenvalue weighted by atomic mass is 10.1. The minimum atomic E-state index is -4.43. The molecule has 0 saturated carbocycles. The molecule has 5 nitrogen and oxygen atoms in total. The Morgan fingerprint density at radius 1 is 1.12 bits per heavy atom. The van der Waals surface area contributed by atoms with Crippen molar-refractivity contribution >= 4 is 17.5 Å². The van der Waals surface area contributed by atoms with Crippen molar-refractivity contribution in [3.05, 3.63) is 47.3 Å². The number of amides is 1. The molecule has 2 aromatic rings. The summed E-state index contributed by atoms with van der Waals surface area (Å²) in [4.78, 5) is 22.7. The van der Waals surface area contributed by atoms with E-state index in [2.05, 4.69) is 15.3 Å². The van der Waals surface area contributed by atoms with Gasteiger partial charge in [0.25, 0.3) is 5.91 Å². The van der Waals surface area contributed by atoms with Crippen LogP contribution in [0.4, 0.5) is 24.8 Å². The molecule has 1 amide bonds. The number of aryl methyl sites for hydroxylation is 1. The molecule has 1 saturated heterocycles. The second kappa shape index (κ2) is 7.31. The Morgan fingerprint density at radius 2 is 1.85 bits per heavy atom. The van der Waals surface area contributed by atoms with E-state index >= 15 is 0 Å². The van der Waals surface area contributed by atoms with Crippen molar-refractivity contribution in [3.63, 3.8) is 0 Å². The highest BCUT2D eigenvalue weighted by Crippen LogP contribution is 2.31. The Balaban J connectivity index is 1.83. The maximum atomic E-state index is 12.8. The van der Waals surface area contributed by atoms with Gasteiger partial charge in [-0.1, -0.05) is 6.07 Å². The highest BCUT2D eigenvalue weighted by atomic mass is 19.4. The summed E-state index contributed by atoms with van der Waals surface area (Å²) in [5, 5.41) is 2.76. The molecule has 1 N–H and O–H groups in total. The molecule has 1 aromatic carbocycles. The molecule has 0 atom stereocenters. The normalized spacial score (nSPS) is 15.0. The maximum Gasteiger partial charge on any atom is 0.416 e. The van der Waals surface area contributed by atoms with E-state index in [1.54, 1.807) is 17.9 Å². The number of nitrogens with one attached hydrogen (secondary N) is 1. The monoisotopic (exact) mass is 364 g/mol. The van der Waals surface area contributed by atoms with Crippen LogP contribution < -0.4 is 5.32 Å². The molecule has 1 aliphatic rings. The molecular weight excluding hydrogens is 345 g/mol. The predicted molar refractivity (Wildman–Crippen MR) is 91.3 cm³/mol. The van der Waals surface area contributed by atoms with Crippen LogP contribution in [0.15, 0.2) is 30.3 Å². The molecule has 0 unspecified atom stereocenters. The van der Waals surface area contributed by atoms with Crippen LogP contribution >= 0.6 is 0 Å². The summed E-state index contributed by atoms with van der Waals surface area (Å²) < 4.78 is 38.5. The van der Waals surface area contributed by atoms with Gasteiger partial charge in [-0.3, -0.25) is 4.79 Å². The Hall–Kier alpha value is -2.64. The number of benzene rings is 1.